The summed E-state index contributed by atoms with van der Waals surface area (Å²) < 4.78 is 4.97. The monoisotopic (exact) mass is 191 g/mol. The maximum Gasteiger partial charge on any atom is 0.223 e. The van der Waals surface area contributed by atoms with Gasteiger partial charge in [-0.05, 0) is 12.8 Å². The van der Waals surface area contributed by atoms with Crippen molar-refractivity contribution in [1.82, 2.24) is 9.97 Å². The fraction of sp³-hybridized carbons (Fsp3) is 0.400. The Balaban J connectivity index is 1.96. The Morgan fingerprint density at radius 3 is 2.50 bits per heavy atom. The Kier molecular flexibility index (Phi) is 2.62. The van der Waals surface area contributed by atoms with E-state index in [1.807, 2.05) is 0 Å². The molecule has 1 aliphatic rings. The molecule has 0 fully saturated rings. The van der Waals surface area contributed by atoms with E-state index in [2.05, 4.69) is 27.4 Å². The molecular weight excluding hydrogens is 178 g/mol. The summed E-state index contributed by atoms with van der Waals surface area (Å²) in [6, 6.07) is 0.448. The average Bonchev–Trinajstić information content (AvgIpc) is 2.72. The van der Waals surface area contributed by atoms with Crippen LogP contribution in [0.4, 0.5) is 5.95 Å². The standard InChI is InChI=1S/C10H13N3O/c1-14-9-6-11-10(12-7-9)13-8-4-2-3-5-8/h2-3,6-8H,4-5H2,1H3,(H,11,12,13). The van der Waals surface area contributed by atoms with E-state index >= 15 is 0 Å². The van der Waals surface area contributed by atoms with E-state index in [-0.39, 0.29) is 0 Å². The quantitative estimate of drug-likeness (QED) is 0.737. The van der Waals surface area contributed by atoms with Crippen molar-refractivity contribution in [3.8, 4) is 5.75 Å². The fourth-order valence-electron chi connectivity index (χ4n) is 1.41. The Morgan fingerprint density at radius 2 is 1.93 bits per heavy atom. The van der Waals surface area contributed by atoms with E-state index in [4.69, 9.17) is 4.74 Å². The second-order valence-corrected chi connectivity index (χ2v) is 3.23. The first kappa shape index (κ1) is 8.99. The highest BCUT2D eigenvalue weighted by Gasteiger charge is 2.10. The van der Waals surface area contributed by atoms with Gasteiger partial charge in [-0.25, -0.2) is 9.97 Å². The molecule has 0 unspecified atom stereocenters. The molecule has 0 radical (unpaired) electrons. The number of nitrogens with one attached hydrogen (secondary N) is 1. The summed E-state index contributed by atoms with van der Waals surface area (Å²) in [7, 11) is 1.60. The molecule has 0 amide bonds. The molecule has 74 valence electrons. The van der Waals surface area contributed by atoms with E-state index in [0.717, 1.165) is 12.8 Å². The first-order valence-corrected chi connectivity index (χ1v) is 4.66. The van der Waals surface area contributed by atoms with Gasteiger partial charge in [0.15, 0.2) is 5.75 Å². The summed E-state index contributed by atoms with van der Waals surface area (Å²) in [4.78, 5) is 8.28. The topological polar surface area (TPSA) is 47.0 Å². The zero-order valence-electron chi connectivity index (χ0n) is 8.10. The Bertz CT molecular complexity index is 313. The number of nitrogens with zero attached hydrogens (tertiary/aromatic N) is 2. The molecule has 1 heterocycles. The molecule has 1 aliphatic carbocycles. The van der Waals surface area contributed by atoms with E-state index in [1.54, 1.807) is 19.5 Å². The minimum atomic E-state index is 0.448. The summed E-state index contributed by atoms with van der Waals surface area (Å²) in [6.07, 6.45) is 9.77. The predicted octanol–water partition coefficient (Wildman–Crippen LogP) is 1.62. The van der Waals surface area contributed by atoms with Gasteiger partial charge in [-0.3, -0.25) is 0 Å². The van der Waals surface area contributed by atoms with Gasteiger partial charge in [0.2, 0.25) is 5.95 Å². The van der Waals surface area contributed by atoms with Crippen molar-refractivity contribution in [3.05, 3.63) is 24.5 Å². The van der Waals surface area contributed by atoms with Crippen LogP contribution in [0.15, 0.2) is 24.5 Å². The molecule has 1 aromatic heterocycles. The van der Waals surface area contributed by atoms with Crippen molar-refractivity contribution in [2.24, 2.45) is 0 Å². The number of hydrogen-bond donors (Lipinski definition) is 1. The van der Waals surface area contributed by atoms with Crippen molar-refractivity contribution < 1.29 is 4.74 Å². The molecule has 0 atom stereocenters. The van der Waals surface area contributed by atoms with Gasteiger partial charge in [-0.2, -0.15) is 0 Å². The lowest BCUT2D eigenvalue weighted by atomic mass is 10.2. The molecule has 14 heavy (non-hydrogen) atoms. The van der Waals surface area contributed by atoms with Crippen LogP contribution in [0.1, 0.15) is 12.8 Å². The summed E-state index contributed by atoms with van der Waals surface area (Å²) in [6.45, 7) is 0. The Labute approximate surface area is 83.0 Å². The molecule has 0 aromatic carbocycles. The fourth-order valence-corrected chi connectivity index (χ4v) is 1.41. The third-order valence-electron chi connectivity index (χ3n) is 2.20. The van der Waals surface area contributed by atoms with Crippen LogP contribution in [0.25, 0.3) is 0 Å². The number of aromatic nitrogens is 2. The van der Waals surface area contributed by atoms with Crippen LogP contribution >= 0.6 is 0 Å². The van der Waals surface area contributed by atoms with Gasteiger partial charge in [-0.1, -0.05) is 12.2 Å². The van der Waals surface area contributed by atoms with Gasteiger partial charge in [0.05, 0.1) is 19.5 Å². The van der Waals surface area contributed by atoms with Crippen molar-refractivity contribution in [3.63, 3.8) is 0 Å². The highest BCUT2D eigenvalue weighted by atomic mass is 16.5. The average molecular weight is 191 g/mol. The van der Waals surface area contributed by atoms with Crippen LogP contribution in [0, 0.1) is 0 Å². The molecule has 2 rings (SSSR count). The van der Waals surface area contributed by atoms with Crippen LogP contribution in [-0.2, 0) is 0 Å². The highest BCUT2D eigenvalue weighted by Crippen LogP contribution is 2.14. The minimum Gasteiger partial charge on any atom is -0.494 e. The Morgan fingerprint density at radius 1 is 1.29 bits per heavy atom. The summed E-state index contributed by atoms with van der Waals surface area (Å²) in [5.74, 6) is 1.35. The third-order valence-corrected chi connectivity index (χ3v) is 2.20. The Hall–Kier alpha value is -1.58. The van der Waals surface area contributed by atoms with Crippen LogP contribution in [-0.4, -0.2) is 23.1 Å². The molecular formula is C10H13N3O. The maximum absolute atomic E-state index is 4.97. The zero-order valence-corrected chi connectivity index (χ0v) is 8.10. The van der Waals surface area contributed by atoms with Crippen molar-refractivity contribution in [1.29, 1.82) is 0 Å². The first-order valence-electron chi connectivity index (χ1n) is 4.66. The number of anilines is 1. The van der Waals surface area contributed by atoms with Crippen LogP contribution < -0.4 is 10.1 Å². The normalized spacial score (nSPS) is 15.8. The van der Waals surface area contributed by atoms with E-state index in [0.29, 0.717) is 17.7 Å². The van der Waals surface area contributed by atoms with Gasteiger partial charge in [0, 0.05) is 6.04 Å². The van der Waals surface area contributed by atoms with Gasteiger partial charge in [-0.15, -0.1) is 0 Å². The first-order chi connectivity index (χ1) is 6.88. The second kappa shape index (κ2) is 4.09. The molecule has 0 bridgehead atoms. The number of methoxy groups -OCH3 is 1. The zero-order chi connectivity index (χ0) is 9.80. The van der Waals surface area contributed by atoms with Crippen LogP contribution in [0.2, 0.25) is 0 Å². The molecule has 0 saturated carbocycles. The summed E-state index contributed by atoms with van der Waals surface area (Å²) >= 11 is 0. The van der Waals surface area contributed by atoms with Gasteiger partial charge in [0.1, 0.15) is 0 Å². The van der Waals surface area contributed by atoms with Crippen LogP contribution in [0.3, 0.4) is 0 Å². The highest BCUT2D eigenvalue weighted by molar-refractivity contribution is 5.29. The molecule has 1 aromatic rings. The van der Waals surface area contributed by atoms with E-state index in [9.17, 15) is 0 Å². The third kappa shape index (κ3) is 2.02. The smallest absolute Gasteiger partial charge is 0.223 e. The summed E-state index contributed by atoms with van der Waals surface area (Å²) in [5.41, 5.74) is 0. The van der Waals surface area contributed by atoms with Gasteiger partial charge < -0.3 is 10.1 Å². The molecule has 0 spiro atoms. The predicted molar refractivity (Wildman–Crippen MR) is 54.4 cm³/mol. The lowest BCUT2D eigenvalue weighted by Crippen LogP contribution is -2.16. The van der Waals surface area contributed by atoms with Gasteiger partial charge in [0.25, 0.3) is 0 Å². The molecule has 1 N–H and O–H groups in total. The largest absolute Gasteiger partial charge is 0.494 e. The van der Waals surface area contributed by atoms with Crippen molar-refractivity contribution in [2.45, 2.75) is 18.9 Å². The van der Waals surface area contributed by atoms with Gasteiger partial charge >= 0.3 is 0 Å². The van der Waals surface area contributed by atoms with E-state index in [1.165, 1.54) is 0 Å². The maximum atomic E-state index is 4.97. The number of hydrogen-bond acceptors (Lipinski definition) is 4. The molecule has 0 aliphatic heterocycles. The molecule has 4 nitrogen and oxygen atoms in total. The second-order valence-electron chi connectivity index (χ2n) is 3.23. The van der Waals surface area contributed by atoms with E-state index < -0.39 is 0 Å². The minimum absolute atomic E-state index is 0.448. The number of rotatable bonds is 3. The number of ether oxygens (including phenoxy) is 1. The van der Waals surface area contributed by atoms with Crippen LogP contribution in [0.5, 0.6) is 5.75 Å². The summed E-state index contributed by atoms with van der Waals surface area (Å²) in [5, 5.41) is 3.25. The SMILES string of the molecule is COc1cnc(NC2CC=CC2)nc1. The van der Waals surface area contributed by atoms with Crippen molar-refractivity contribution in [2.75, 3.05) is 12.4 Å². The van der Waals surface area contributed by atoms with Crippen molar-refractivity contribution >= 4 is 5.95 Å². The lowest BCUT2D eigenvalue weighted by molar-refractivity contribution is 0.411. The molecule has 4 heteroatoms. The molecule has 0 saturated heterocycles. The lowest BCUT2D eigenvalue weighted by Gasteiger charge is -2.11.